The molecule has 108 valence electrons. The van der Waals surface area contributed by atoms with Crippen molar-refractivity contribution >= 4 is 23.4 Å². The van der Waals surface area contributed by atoms with Crippen molar-refractivity contribution in [2.45, 2.75) is 6.54 Å². The molecule has 0 unspecified atom stereocenters. The van der Waals surface area contributed by atoms with Crippen molar-refractivity contribution in [1.29, 1.82) is 0 Å². The summed E-state index contributed by atoms with van der Waals surface area (Å²) < 4.78 is 0. The number of aromatic nitrogens is 1. The Morgan fingerprint density at radius 2 is 2.38 bits per heavy atom. The summed E-state index contributed by atoms with van der Waals surface area (Å²) in [6, 6.07) is 5.01. The van der Waals surface area contributed by atoms with E-state index in [4.69, 9.17) is 0 Å². The lowest BCUT2D eigenvalue weighted by molar-refractivity contribution is 0.198. The van der Waals surface area contributed by atoms with Crippen molar-refractivity contribution in [3.05, 3.63) is 40.7 Å². The zero-order valence-corrected chi connectivity index (χ0v) is 12.0. The van der Waals surface area contributed by atoms with E-state index in [9.17, 15) is 9.59 Å². The van der Waals surface area contributed by atoms with Crippen LogP contribution in [0, 0.1) is 0 Å². The van der Waals surface area contributed by atoms with Gasteiger partial charge in [0, 0.05) is 36.8 Å². The van der Waals surface area contributed by atoms with Crippen LogP contribution < -0.4 is 10.6 Å². The van der Waals surface area contributed by atoms with Gasteiger partial charge in [0.15, 0.2) is 0 Å². The van der Waals surface area contributed by atoms with Crippen LogP contribution in [0.1, 0.15) is 5.56 Å². The van der Waals surface area contributed by atoms with Crippen LogP contribution in [0.5, 0.6) is 0 Å². The number of hydrogen-bond acceptors (Lipinski definition) is 4. The minimum Gasteiger partial charge on any atom is -0.336 e. The highest BCUT2D eigenvalue weighted by Gasteiger charge is 2.25. The fourth-order valence-corrected chi connectivity index (χ4v) is 2.81. The number of thiophene rings is 1. The van der Waals surface area contributed by atoms with Gasteiger partial charge in [-0.15, -0.1) is 0 Å². The van der Waals surface area contributed by atoms with Gasteiger partial charge in [0.25, 0.3) is 0 Å². The van der Waals surface area contributed by atoms with E-state index in [2.05, 4.69) is 15.6 Å². The summed E-state index contributed by atoms with van der Waals surface area (Å²) in [4.78, 5) is 28.9. The molecule has 21 heavy (non-hydrogen) atoms. The average Bonchev–Trinajstić information content (AvgIpc) is 3.16. The van der Waals surface area contributed by atoms with Crippen molar-refractivity contribution in [3.63, 3.8) is 0 Å². The molecule has 0 spiro atoms. The molecule has 1 saturated heterocycles. The molecule has 0 radical (unpaired) electrons. The van der Waals surface area contributed by atoms with Crippen molar-refractivity contribution in [3.8, 4) is 11.3 Å². The molecular formula is C14H14N4O2S. The molecule has 7 heteroatoms. The summed E-state index contributed by atoms with van der Waals surface area (Å²) in [5, 5.41) is 9.36. The normalized spacial score (nSPS) is 14.1. The minimum absolute atomic E-state index is 0.335. The van der Waals surface area contributed by atoms with Crippen LogP contribution in [0.25, 0.3) is 11.3 Å². The molecule has 2 N–H and O–H groups in total. The van der Waals surface area contributed by atoms with Gasteiger partial charge in [0.1, 0.15) is 0 Å². The largest absolute Gasteiger partial charge is 0.336 e. The highest BCUT2D eigenvalue weighted by Crippen LogP contribution is 2.23. The quantitative estimate of drug-likeness (QED) is 0.911. The summed E-state index contributed by atoms with van der Waals surface area (Å²) in [7, 11) is 0. The second-order valence-corrected chi connectivity index (χ2v) is 5.35. The van der Waals surface area contributed by atoms with Crippen molar-refractivity contribution in [2.24, 2.45) is 0 Å². The highest BCUT2D eigenvalue weighted by atomic mass is 32.1. The first-order valence-electron chi connectivity index (χ1n) is 6.55. The van der Waals surface area contributed by atoms with Gasteiger partial charge in [0.05, 0.1) is 5.69 Å². The van der Waals surface area contributed by atoms with Crippen molar-refractivity contribution < 1.29 is 9.59 Å². The molecule has 1 aliphatic heterocycles. The van der Waals surface area contributed by atoms with E-state index in [1.807, 2.05) is 29.0 Å². The third kappa shape index (κ3) is 2.87. The van der Waals surface area contributed by atoms with Gasteiger partial charge in [-0.1, -0.05) is 6.07 Å². The summed E-state index contributed by atoms with van der Waals surface area (Å²) in [6.07, 6.45) is 1.73. The topological polar surface area (TPSA) is 74.3 Å². The number of hydrogen-bond donors (Lipinski definition) is 2. The van der Waals surface area contributed by atoms with Gasteiger partial charge in [0.2, 0.25) is 0 Å². The fraction of sp³-hybridized carbons (Fsp3) is 0.214. The zero-order chi connectivity index (χ0) is 14.7. The average molecular weight is 302 g/mol. The maximum Gasteiger partial charge on any atom is 0.325 e. The van der Waals surface area contributed by atoms with E-state index in [0.29, 0.717) is 19.6 Å². The Morgan fingerprint density at radius 3 is 3.10 bits per heavy atom. The first-order valence-corrected chi connectivity index (χ1v) is 7.49. The molecule has 0 bridgehead atoms. The van der Waals surface area contributed by atoms with E-state index >= 15 is 0 Å². The van der Waals surface area contributed by atoms with Crippen LogP contribution in [-0.4, -0.2) is 35.0 Å². The first kappa shape index (κ1) is 13.6. The van der Waals surface area contributed by atoms with Gasteiger partial charge in [-0.25, -0.2) is 14.5 Å². The molecule has 4 amide bonds. The molecule has 6 nitrogen and oxygen atoms in total. The number of urea groups is 2. The monoisotopic (exact) mass is 302 g/mol. The van der Waals surface area contributed by atoms with Gasteiger partial charge >= 0.3 is 12.1 Å². The molecule has 2 aromatic rings. The molecule has 3 rings (SSSR count). The molecule has 1 fully saturated rings. The van der Waals surface area contributed by atoms with E-state index in [1.54, 1.807) is 17.5 Å². The van der Waals surface area contributed by atoms with Gasteiger partial charge in [-0.3, -0.25) is 4.98 Å². The number of nitrogens with zero attached hydrogens (tertiary/aromatic N) is 2. The third-order valence-electron chi connectivity index (χ3n) is 3.22. The van der Waals surface area contributed by atoms with Crippen LogP contribution in [0.2, 0.25) is 0 Å². The van der Waals surface area contributed by atoms with Crippen LogP contribution >= 0.6 is 11.3 Å². The van der Waals surface area contributed by atoms with Gasteiger partial charge < -0.3 is 10.6 Å². The third-order valence-corrected chi connectivity index (χ3v) is 3.90. The Balaban J connectivity index is 1.71. The smallest absolute Gasteiger partial charge is 0.325 e. The molecule has 1 aliphatic rings. The van der Waals surface area contributed by atoms with E-state index < -0.39 is 0 Å². The SMILES string of the molecule is O=C1NCCN1C(=O)NCc1cccnc1-c1ccsc1. The minimum atomic E-state index is -0.384. The summed E-state index contributed by atoms with van der Waals surface area (Å²) >= 11 is 1.60. The maximum absolute atomic E-state index is 12.0. The van der Waals surface area contributed by atoms with Crippen LogP contribution in [0.15, 0.2) is 35.2 Å². The molecule has 0 aromatic carbocycles. The highest BCUT2D eigenvalue weighted by molar-refractivity contribution is 7.08. The van der Waals surface area contributed by atoms with E-state index in [-0.39, 0.29) is 12.1 Å². The fourth-order valence-electron chi connectivity index (χ4n) is 2.17. The number of pyridine rings is 1. The lowest BCUT2D eigenvalue weighted by Gasteiger charge is -2.14. The molecule has 0 saturated carbocycles. The Kier molecular flexibility index (Phi) is 3.83. The zero-order valence-electron chi connectivity index (χ0n) is 11.2. The molecular weight excluding hydrogens is 288 g/mol. The molecule has 0 atom stereocenters. The predicted octanol–water partition coefficient (Wildman–Crippen LogP) is 2.04. The van der Waals surface area contributed by atoms with Crippen LogP contribution in [0.3, 0.4) is 0 Å². The number of nitrogens with one attached hydrogen (secondary N) is 2. The molecule has 3 heterocycles. The summed E-state index contributed by atoms with van der Waals surface area (Å²) in [5.74, 6) is 0. The number of carbonyl (C=O) groups excluding carboxylic acids is 2. The predicted molar refractivity (Wildman–Crippen MR) is 79.9 cm³/mol. The first-order chi connectivity index (χ1) is 10.3. The van der Waals surface area contributed by atoms with E-state index in [1.165, 1.54) is 4.90 Å². The van der Waals surface area contributed by atoms with Crippen molar-refractivity contribution in [1.82, 2.24) is 20.5 Å². The standard InChI is InChI=1S/C14H14N4O2S/c19-13-16-5-6-18(13)14(20)17-8-10-2-1-4-15-12(10)11-3-7-21-9-11/h1-4,7,9H,5-6,8H2,(H,16,19)(H,17,20). The Bertz CT molecular complexity index is 657. The second-order valence-electron chi connectivity index (χ2n) is 4.57. The number of imide groups is 1. The number of carbonyl (C=O) groups is 2. The van der Waals surface area contributed by atoms with Crippen LogP contribution in [0.4, 0.5) is 9.59 Å². The summed E-state index contributed by atoms with van der Waals surface area (Å²) in [6.45, 7) is 1.23. The lowest BCUT2D eigenvalue weighted by atomic mass is 10.1. The van der Waals surface area contributed by atoms with Gasteiger partial charge in [-0.05, 0) is 23.1 Å². The second kappa shape index (κ2) is 5.92. The number of rotatable bonds is 3. The maximum atomic E-state index is 12.0. The molecule has 2 aromatic heterocycles. The molecule has 0 aliphatic carbocycles. The lowest BCUT2D eigenvalue weighted by Crippen LogP contribution is -2.41. The van der Waals surface area contributed by atoms with E-state index in [0.717, 1.165) is 16.8 Å². The Labute approximate surface area is 125 Å². The summed E-state index contributed by atoms with van der Waals surface area (Å²) in [5.41, 5.74) is 2.80. The van der Waals surface area contributed by atoms with Crippen LogP contribution in [-0.2, 0) is 6.54 Å². The van der Waals surface area contributed by atoms with Crippen molar-refractivity contribution in [2.75, 3.05) is 13.1 Å². The van der Waals surface area contributed by atoms with Gasteiger partial charge in [-0.2, -0.15) is 11.3 Å². The Hall–Kier alpha value is -2.41. The number of amides is 4. The Morgan fingerprint density at radius 1 is 1.48 bits per heavy atom.